The van der Waals surface area contributed by atoms with Crippen LogP contribution in [-0.4, -0.2) is 37.1 Å². The van der Waals surface area contributed by atoms with E-state index in [0.717, 1.165) is 44.7 Å². The van der Waals surface area contributed by atoms with Crippen LogP contribution in [0.1, 0.15) is 31.2 Å². The quantitative estimate of drug-likeness (QED) is 0.810. The molecule has 0 radical (unpaired) electrons. The fourth-order valence-corrected chi connectivity index (χ4v) is 3.53. The molecular formula is C17H21Cl2NO2. The Labute approximate surface area is 141 Å². The van der Waals surface area contributed by atoms with Crippen LogP contribution >= 0.6 is 23.2 Å². The second-order valence-electron chi connectivity index (χ2n) is 6.23. The number of carbonyl (C=O) groups is 1. The van der Waals surface area contributed by atoms with Crippen LogP contribution in [0.25, 0.3) is 0 Å². The van der Waals surface area contributed by atoms with Crippen molar-refractivity contribution < 1.29 is 9.53 Å². The molecule has 0 bridgehead atoms. The van der Waals surface area contributed by atoms with Gasteiger partial charge in [0.2, 0.25) is 5.91 Å². The zero-order valence-corrected chi connectivity index (χ0v) is 14.2. The molecule has 1 amide bonds. The van der Waals surface area contributed by atoms with Gasteiger partial charge in [0.1, 0.15) is 0 Å². The highest BCUT2D eigenvalue weighted by atomic mass is 35.5. The first-order valence-electron chi connectivity index (χ1n) is 7.91. The molecule has 0 N–H and O–H groups in total. The van der Waals surface area contributed by atoms with Crippen molar-refractivity contribution in [1.82, 2.24) is 4.90 Å². The maximum atomic E-state index is 12.7. The van der Waals surface area contributed by atoms with Crippen molar-refractivity contribution in [2.75, 3.05) is 26.3 Å². The summed E-state index contributed by atoms with van der Waals surface area (Å²) in [6.07, 6.45) is 1.97. The lowest BCUT2D eigenvalue weighted by molar-refractivity contribution is -0.133. The summed E-state index contributed by atoms with van der Waals surface area (Å²) < 4.78 is 5.41. The number of hydrogen-bond donors (Lipinski definition) is 0. The van der Waals surface area contributed by atoms with Gasteiger partial charge in [0, 0.05) is 31.5 Å². The molecule has 3 rings (SSSR count). The number of amides is 1. The first-order chi connectivity index (χ1) is 10.6. The molecule has 1 saturated carbocycles. The van der Waals surface area contributed by atoms with Crippen molar-refractivity contribution in [2.24, 2.45) is 11.8 Å². The number of ether oxygens (including phenoxy) is 1. The largest absolute Gasteiger partial charge is 0.381 e. The molecule has 3 nitrogen and oxygen atoms in total. The van der Waals surface area contributed by atoms with E-state index in [1.54, 1.807) is 0 Å². The lowest BCUT2D eigenvalue weighted by atomic mass is 10.1. The maximum Gasteiger partial charge on any atom is 0.226 e. The Bertz CT molecular complexity index is 558. The topological polar surface area (TPSA) is 29.5 Å². The van der Waals surface area contributed by atoms with Crippen LogP contribution in [0, 0.1) is 11.8 Å². The van der Waals surface area contributed by atoms with Gasteiger partial charge in [0.15, 0.2) is 0 Å². The SMILES string of the molecule is CCN(CC1CCOC1)C(=O)C1CC1c1ccc(Cl)c(Cl)c1. The summed E-state index contributed by atoms with van der Waals surface area (Å²) in [6, 6.07) is 5.68. The Morgan fingerprint density at radius 2 is 2.18 bits per heavy atom. The first kappa shape index (κ1) is 16.1. The summed E-state index contributed by atoms with van der Waals surface area (Å²) in [5.41, 5.74) is 1.12. The van der Waals surface area contributed by atoms with E-state index in [1.165, 1.54) is 0 Å². The second-order valence-corrected chi connectivity index (χ2v) is 7.04. The van der Waals surface area contributed by atoms with Gasteiger partial charge in [-0.05, 0) is 43.4 Å². The minimum atomic E-state index is 0.0968. The third-order valence-electron chi connectivity index (χ3n) is 4.68. The fraction of sp³-hybridized carbons (Fsp3) is 0.588. The molecule has 1 heterocycles. The average Bonchev–Trinajstić information content (AvgIpc) is 3.15. The third kappa shape index (κ3) is 3.42. The van der Waals surface area contributed by atoms with Crippen LogP contribution in [0.2, 0.25) is 10.0 Å². The van der Waals surface area contributed by atoms with Crippen LogP contribution in [0.3, 0.4) is 0 Å². The predicted octanol–water partition coefficient (Wildman–Crippen LogP) is 3.98. The predicted molar refractivity (Wildman–Crippen MR) is 88.5 cm³/mol. The van der Waals surface area contributed by atoms with Gasteiger partial charge in [-0.15, -0.1) is 0 Å². The van der Waals surface area contributed by atoms with E-state index in [9.17, 15) is 4.79 Å². The van der Waals surface area contributed by atoms with Crippen molar-refractivity contribution in [3.63, 3.8) is 0 Å². The summed E-state index contributed by atoms with van der Waals surface area (Å²) in [7, 11) is 0. The number of nitrogens with zero attached hydrogens (tertiary/aromatic N) is 1. The highest BCUT2D eigenvalue weighted by molar-refractivity contribution is 6.42. The fourth-order valence-electron chi connectivity index (χ4n) is 3.23. The maximum absolute atomic E-state index is 12.7. The number of benzene rings is 1. The molecule has 0 aromatic heterocycles. The van der Waals surface area contributed by atoms with Crippen LogP contribution in [-0.2, 0) is 9.53 Å². The van der Waals surface area contributed by atoms with Gasteiger partial charge in [-0.3, -0.25) is 4.79 Å². The van der Waals surface area contributed by atoms with Gasteiger partial charge >= 0.3 is 0 Å². The van der Waals surface area contributed by atoms with Gasteiger partial charge in [0.25, 0.3) is 0 Å². The van der Waals surface area contributed by atoms with E-state index in [2.05, 4.69) is 0 Å². The van der Waals surface area contributed by atoms with E-state index in [0.29, 0.717) is 16.0 Å². The van der Waals surface area contributed by atoms with E-state index in [1.807, 2.05) is 30.0 Å². The number of hydrogen-bond acceptors (Lipinski definition) is 2. The average molecular weight is 342 g/mol. The monoisotopic (exact) mass is 341 g/mol. The van der Waals surface area contributed by atoms with Gasteiger partial charge < -0.3 is 9.64 Å². The van der Waals surface area contributed by atoms with Crippen molar-refractivity contribution in [3.05, 3.63) is 33.8 Å². The number of carbonyl (C=O) groups excluding carboxylic acids is 1. The van der Waals surface area contributed by atoms with E-state index >= 15 is 0 Å². The first-order valence-corrected chi connectivity index (χ1v) is 8.67. The lowest BCUT2D eigenvalue weighted by Gasteiger charge is -2.24. The van der Waals surface area contributed by atoms with Crippen molar-refractivity contribution in [3.8, 4) is 0 Å². The highest BCUT2D eigenvalue weighted by Crippen LogP contribution is 2.49. The molecule has 1 aliphatic heterocycles. The summed E-state index contributed by atoms with van der Waals surface area (Å²) in [4.78, 5) is 14.7. The normalized spacial score (nSPS) is 27.0. The van der Waals surface area contributed by atoms with Crippen molar-refractivity contribution in [2.45, 2.75) is 25.7 Å². The van der Waals surface area contributed by atoms with E-state index < -0.39 is 0 Å². The summed E-state index contributed by atoms with van der Waals surface area (Å²) in [6.45, 7) is 5.24. The molecule has 2 aliphatic rings. The van der Waals surface area contributed by atoms with Gasteiger partial charge in [-0.25, -0.2) is 0 Å². The van der Waals surface area contributed by atoms with Gasteiger partial charge in [-0.2, -0.15) is 0 Å². The summed E-state index contributed by atoms with van der Waals surface area (Å²) in [5.74, 6) is 1.15. The second kappa shape index (κ2) is 6.77. The molecule has 1 aliphatic carbocycles. The zero-order valence-electron chi connectivity index (χ0n) is 12.7. The van der Waals surface area contributed by atoms with Crippen LogP contribution in [0.4, 0.5) is 0 Å². The third-order valence-corrected chi connectivity index (χ3v) is 5.41. The number of rotatable bonds is 5. The molecule has 22 heavy (non-hydrogen) atoms. The molecule has 1 saturated heterocycles. The van der Waals surface area contributed by atoms with E-state index in [-0.39, 0.29) is 17.7 Å². The Hall–Kier alpha value is -0.770. The Morgan fingerprint density at radius 1 is 1.36 bits per heavy atom. The van der Waals surface area contributed by atoms with E-state index in [4.69, 9.17) is 27.9 Å². The zero-order chi connectivity index (χ0) is 15.7. The van der Waals surface area contributed by atoms with Gasteiger partial charge in [-0.1, -0.05) is 29.3 Å². The minimum absolute atomic E-state index is 0.0968. The molecule has 1 aromatic carbocycles. The smallest absolute Gasteiger partial charge is 0.226 e. The lowest BCUT2D eigenvalue weighted by Crippen LogP contribution is -2.36. The molecule has 5 heteroatoms. The Balaban J connectivity index is 1.61. The molecule has 2 fully saturated rings. The van der Waals surface area contributed by atoms with Crippen molar-refractivity contribution >= 4 is 29.1 Å². The standard InChI is InChI=1S/C17H21Cl2NO2/c1-2-20(9-11-5-6-22-10-11)17(21)14-8-13(14)12-3-4-15(18)16(19)7-12/h3-4,7,11,13-14H,2,5-6,8-10H2,1H3. The summed E-state index contributed by atoms with van der Waals surface area (Å²) >= 11 is 12.0. The molecular weight excluding hydrogens is 321 g/mol. The molecule has 0 spiro atoms. The molecule has 120 valence electrons. The Morgan fingerprint density at radius 3 is 2.82 bits per heavy atom. The van der Waals surface area contributed by atoms with Crippen LogP contribution in [0.5, 0.6) is 0 Å². The Kier molecular flexibility index (Phi) is 4.96. The van der Waals surface area contributed by atoms with Gasteiger partial charge in [0.05, 0.1) is 16.7 Å². The molecule has 3 atom stereocenters. The minimum Gasteiger partial charge on any atom is -0.381 e. The van der Waals surface area contributed by atoms with Crippen LogP contribution < -0.4 is 0 Å². The number of halogens is 2. The summed E-state index contributed by atoms with van der Waals surface area (Å²) in [5, 5.41) is 1.12. The highest BCUT2D eigenvalue weighted by Gasteiger charge is 2.45. The van der Waals surface area contributed by atoms with Crippen molar-refractivity contribution in [1.29, 1.82) is 0 Å². The molecule has 1 aromatic rings. The van der Waals surface area contributed by atoms with Crippen LogP contribution in [0.15, 0.2) is 18.2 Å². The molecule has 3 unspecified atom stereocenters.